The first-order valence-corrected chi connectivity index (χ1v) is 12.6. The summed E-state index contributed by atoms with van der Waals surface area (Å²) in [4.78, 5) is 0. The van der Waals surface area contributed by atoms with Crippen LogP contribution >= 0.6 is 11.6 Å². The lowest BCUT2D eigenvalue weighted by Gasteiger charge is -2.43. The van der Waals surface area contributed by atoms with Gasteiger partial charge in [-0.25, -0.2) is 18.1 Å². The first-order chi connectivity index (χ1) is 18.2. The highest BCUT2D eigenvalue weighted by Crippen LogP contribution is 2.55. The molecule has 1 aromatic carbocycles. The summed E-state index contributed by atoms with van der Waals surface area (Å²) in [5.74, 6) is -2.35. The molecule has 5 atom stereocenters. The van der Waals surface area contributed by atoms with Gasteiger partial charge in [-0.15, -0.1) is 10.2 Å². The van der Waals surface area contributed by atoms with Gasteiger partial charge in [0, 0.05) is 38.1 Å². The van der Waals surface area contributed by atoms with E-state index in [1.807, 2.05) is 10.9 Å². The van der Waals surface area contributed by atoms with Gasteiger partial charge in [0.05, 0.1) is 47.4 Å². The normalized spacial score (nSPS) is 34.4. The standard InChI is InChI=1S/C24H27ClF2N6O5/c1-23-9-24(10-23,11-37-23)33-6-12(28-31-33)5-16-22(36-2)20(21(35)17(8-34)38-16)32-7-15(29-30-32)13-3-4-14(25)19(27)18(13)26/h3-4,6-7,16-17,20-22,34-35H,5,8-11H2,1-2H3/t16-,17-,20+,21+,22+,23?,24?/m1/s1. The number of hydrogen-bond donors (Lipinski definition) is 2. The van der Waals surface area contributed by atoms with Crippen molar-refractivity contribution in [1.82, 2.24) is 30.0 Å². The molecule has 3 aliphatic heterocycles. The third kappa shape index (κ3) is 4.03. The zero-order chi connectivity index (χ0) is 26.8. The Kier molecular flexibility index (Phi) is 6.28. The number of rotatable bonds is 7. The summed E-state index contributed by atoms with van der Waals surface area (Å²) in [6, 6.07) is 1.66. The van der Waals surface area contributed by atoms with E-state index in [1.165, 1.54) is 30.1 Å². The average Bonchev–Trinajstić information content (AvgIpc) is 3.67. The Bertz CT molecular complexity index is 1350. The number of benzene rings is 1. The summed E-state index contributed by atoms with van der Waals surface area (Å²) in [6.07, 6.45) is 1.68. The van der Waals surface area contributed by atoms with Crippen molar-refractivity contribution in [1.29, 1.82) is 0 Å². The van der Waals surface area contributed by atoms with Crippen LogP contribution in [0.5, 0.6) is 0 Å². The molecule has 38 heavy (non-hydrogen) atoms. The molecular weight excluding hydrogens is 526 g/mol. The predicted octanol–water partition coefficient (Wildman–Crippen LogP) is 1.67. The number of hydrogen-bond acceptors (Lipinski definition) is 9. The van der Waals surface area contributed by atoms with Gasteiger partial charge in [0.25, 0.3) is 0 Å². The van der Waals surface area contributed by atoms with Crippen molar-refractivity contribution < 1.29 is 33.2 Å². The molecule has 1 saturated carbocycles. The zero-order valence-corrected chi connectivity index (χ0v) is 21.4. The van der Waals surface area contributed by atoms with Gasteiger partial charge in [-0.2, -0.15) is 0 Å². The fourth-order valence-corrected chi connectivity index (χ4v) is 6.26. The topological polar surface area (TPSA) is 130 Å². The minimum atomic E-state index is -1.24. The molecular formula is C24H27ClF2N6O5. The molecule has 11 nitrogen and oxygen atoms in total. The second-order valence-electron chi connectivity index (χ2n) is 10.6. The molecule has 7 rings (SSSR count). The Morgan fingerprint density at radius 2 is 1.95 bits per heavy atom. The first-order valence-electron chi connectivity index (χ1n) is 12.3. The smallest absolute Gasteiger partial charge is 0.178 e. The van der Waals surface area contributed by atoms with Crippen molar-refractivity contribution in [2.75, 3.05) is 20.3 Å². The van der Waals surface area contributed by atoms with Gasteiger partial charge < -0.3 is 24.4 Å². The molecule has 1 aliphatic carbocycles. The zero-order valence-electron chi connectivity index (χ0n) is 20.7. The Hall–Kier alpha value is -2.55. The van der Waals surface area contributed by atoms with E-state index < -0.39 is 48.7 Å². The molecule has 0 spiro atoms. The Morgan fingerprint density at radius 3 is 2.63 bits per heavy atom. The quantitative estimate of drug-likeness (QED) is 0.420. The lowest BCUT2D eigenvalue weighted by atomic mass is 9.69. The highest BCUT2D eigenvalue weighted by Gasteiger charge is 2.61. The number of aliphatic hydroxyl groups is 2. The van der Waals surface area contributed by atoms with Gasteiger partial charge >= 0.3 is 0 Å². The summed E-state index contributed by atoms with van der Waals surface area (Å²) in [5.41, 5.74) is 0.264. The summed E-state index contributed by atoms with van der Waals surface area (Å²) < 4.78 is 49.4. The second kappa shape index (κ2) is 9.28. The SMILES string of the molecule is CO[C@@H]1[C@@H](n2cc(-c3ccc(Cl)c(F)c3F)nn2)[C@@H](O)[C@@H](CO)O[C@@H]1Cc1cn(C23COC(C)(C2)C3)nn1. The summed E-state index contributed by atoms with van der Waals surface area (Å²) in [5, 5.41) is 37.3. The van der Waals surface area contributed by atoms with E-state index in [-0.39, 0.29) is 33.8 Å². The maximum absolute atomic E-state index is 14.5. The summed E-state index contributed by atoms with van der Waals surface area (Å²) >= 11 is 5.67. The largest absolute Gasteiger partial charge is 0.394 e. The van der Waals surface area contributed by atoms with Crippen molar-refractivity contribution >= 4 is 11.6 Å². The number of ether oxygens (including phenoxy) is 3. The van der Waals surface area contributed by atoms with Gasteiger partial charge in [0.15, 0.2) is 11.6 Å². The van der Waals surface area contributed by atoms with Gasteiger partial charge in [0.2, 0.25) is 0 Å². The van der Waals surface area contributed by atoms with Crippen LogP contribution in [-0.4, -0.2) is 90.5 Å². The van der Waals surface area contributed by atoms with E-state index in [4.69, 9.17) is 25.8 Å². The maximum Gasteiger partial charge on any atom is 0.178 e. The van der Waals surface area contributed by atoms with Crippen molar-refractivity contribution in [3.8, 4) is 11.3 Å². The van der Waals surface area contributed by atoms with Gasteiger partial charge in [-0.3, -0.25) is 0 Å². The first kappa shape index (κ1) is 25.7. The van der Waals surface area contributed by atoms with Crippen molar-refractivity contribution in [3.05, 3.63) is 46.9 Å². The number of methoxy groups -OCH3 is 1. The van der Waals surface area contributed by atoms with Crippen LogP contribution in [0, 0.1) is 11.6 Å². The minimum absolute atomic E-state index is 0.0391. The number of aliphatic hydroxyl groups excluding tert-OH is 2. The van der Waals surface area contributed by atoms with Crippen LogP contribution in [0.1, 0.15) is 31.5 Å². The van der Waals surface area contributed by atoms with Crippen LogP contribution in [0.4, 0.5) is 8.78 Å². The molecule has 0 radical (unpaired) electrons. The van der Waals surface area contributed by atoms with Crippen LogP contribution in [0.2, 0.25) is 5.02 Å². The van der Waals surface area contributed by atoms with E-state index in [0.717, 1.165) is 12.8 Å². The van der Waals surface area contributed by atoms with Gasteiger partial charge in [-0.05, 0) is 19.1 Å². The fourth-order valence-electron chi connectivity index (χ4n) is 6.11. The number of nitrogens with zero attached hydrogens (tertiary/aromatic N) is 6. The molecule has 3 saturated heterocycles. The van der Waals surface area contributed by atoms with E-state index in [0.29, 0.717) is 12.3 Å². The Morgan fingerprint density at radius 1 is 1.16 bits per heavy atom. The van der Waals surface area contributed by atoms with Gasteiger partial charge in [-0.1, -0.05) is 22.0 Å². The van der Waals surface area contributed by atoms with E-state index in [1.54, 1.807) is 0 Å². The van der Waals surface area contributed by atoms with E-state index in [9.17, 15) is 19.0 Å². The highest BCUT2D eigenvalue weighted by molar-refractivity contribution is 6.30. The molecule has 204 valence electrons. The van der Waals surface area contributed by atoms with E-state index in [2.05, 4.69) is 27.5 Å². The lowest BCUT2D eigenvalue weighted by molar-refractivity contribution is -0.212. The van der Waals surface area contributed by atoms with Crippen LogP contribution in [0.15, 0.2) is 24.5 Å². The van der Waals surface area contributed by atoms with Crippen LogP contribution in [-0.2, 0) is 26.2 Å². The molecule has 2 aromatic heterocycles. The Balaban J connectivity index is 1.27. The van der Waals surface area contributed by atoms with Crippen LogP contribution < -0.4 is 0 Å². The predicted molar refractivity (Wildman–Crippen MR) is 127 cm³/mol. The molecule has 0 amide bonds. The molecule has 14 heteroatoms. The fraction of sp³-hybridized carbons (Fsp3) is 0.583. The molecule has 3 aromatic rings. The molecule has 4 fully saturated rings. The summed E-state index contributed by atoms with van der Waals surface area (Å²) in [6.45, 7) is 2.21. The highest BCUT2D eigenvalue weighted by atomic mass is 35.5. The number of halogens is 3. The molecule has 4 aliphatic rings. The van der Waals surface area contributed by atoms with Crippen LogP contribution in [0.3, 0.4) is 0 Å². The lowest BCUT2D eigenvalue weighted by Crippen LogP contribution is -2.57. The van der Waals surface area contributed by atoms with Crippen molar-refractivity contribution in [2.45, 2.75) is 67.8 Å². The minimum Gasteiger partial charge on any atom is -0.394 e. The van der Waals surface area contributed by atoms with Gasteiger partial charge in [0.1, 0.15) is 30.0 Å². The van der Waals surface area contributed by atoms with Crippen molar-refractivity contribution in [3.63, 3.8) is 0 Å². The third-order valence-corrected chi connectivity index (χ3v) is 8.19. The number of aromatic nitrogens is 6. The molecule has 0 unspecified atom stereocenters. The molecule has 5 heterocycles. The third-order valence-electron chi connectivity index (χ3n) is 7.89. The molecule has 2 N–H and O–H groups in total. The van der Waals surface area contributed by atoms with E-state index >= 15 is 0 Å². The average molecular weight is 553 g/mol. The second-order valence-corrected chi connectivity index (χ2v) is 11.0. The number of fused-ring (bicyclic) bond motifs is 1. The monoisotopic (exact) mass is 552 g/mol. The molecule has 2 bridgehead atoms. The Labute approximate surface area is 221 Å². The summed E-state index contributed by atoms with van der Waals surface area (Å²) in [7, 11) is 1.47. The van der Waals surface area contributed by atoms with Crippen LogP contribution in [0.25, 0.3) is 11.3 Å². The van der Waals surface area contributed by atoms with Crippen molar-refractivity contribution in [2.24, 2.45) is 0 Å². The maximum atomic E-state index is 14.5.